The predicted molar refractivity (Wildman–Crippen MR) is 68.0 cm³/mol. The Bertz CT molecular complexity index is 498. The molecule has 0 unspecified atom stereocenters. The van der Waals surface area contributed by atoms with Crippen molar-refractivity contribution >= 4 is 5.82 Å². The summed E-state index contributed by atoms with van der Waals surface area (Å²) < 4.78 is 5.37. The first-order valence-corrected chi connectivity index (χ1v) is 5.62. The first-order valence-electron chi connectivity index (χ1n) is 5.62. The second-order valence-corrected chi connectivity index (χ2v) is 4.94. The van der Waals surface area contributed by atoms with Crippen LogP contribution in [0.25, 0.3) is 11.5 Å². The van der Waals surface area contributed by atoms with Gasteiger partial charge in [0.2, 0.25) is 0 Å². The van der Waals surface area contributed by atoms with E-state index in [9.17, 15) is 0 Å². The molecule has 0 radical (unpaired) electrons. The standard InChI is InChI=1S/C13H17N3O/c1-13(2,3)12-15-9(8-11(14-4)16-12)10-6-5-7-17-10/h5-8H,1-4H3,(H,14,15,16). The van der Waals surface area contributed by atoms with Crippen LogP contribution in [0.15, 0.2) is 28.9 Å². The molecular weight excluding hydrogens is 214 g/mol. The molecule has 0 aliphatic heterocycles. The molecule has 0 atom stereocenters. The summed E-state index contributed by atoms with van der Waals surface area (Å²) >= 11 is 0. The van der Waals surface area contributed by atoms with E-state index in [-0.39, 0.29) is 5.41 Å². The van der Waals surface area contributed by atoms with E-state index in [4.69, 9.17) is 4.42 Å². The van der Waals surface area contributed by atoms with Gasteiger partial charge in [0, 0.05) is 18.5 Å². The van der Waals surface area contributed by atoms with Gasteiger partial charge in [-0.1, -0.05) is 20.8 Å². The van der Waals surface area contributed by atoms with Gasteiger partial charge in [0.15, 0.2) is 5.76 Å². The van der Waals surface area contributed by atoms with Crippen LogP contribution >= 0.6 is 0 Å². The SMILES string of the molecule is CNc1cc(-c2ccco2)nc(C(C)(C)C)n1. The van der Waals surface area contributed by atoms with Gasteiger partial charge in [-0.25, -0.2) is 9.97 Å². The number of nitrogens with zero attached hydrogens (tertiary/aromatic N) is 2. The molecule has 0 bridgehead atoms. The van der Waals surface area contributed by atoms with Gasteiger partial charge >= 0.3 is 0 Å². The fraction of sp³-hybridized carbons (Fsp3) is 0.385. The van der Waals surface area contributed by atoms with Crippen molar-refractivity contribution in [1.29, 1.82) is 0 Å². The lowest BCUT2D eigenvalue weighted by molar-refractivity contribution is 0.542. The molecule has 4 heteroatoms. The normalized spacial score (nSPS) is 11.5. The smallest absolute Gasteiger partial charge is 0.152 e. The van der Waals surface area contributed by atoms with Gasteiger partial charge in [0.05, 0.1) is 6.26 Å². The average molecular weight is 231 g/mol. The summed E-state index contributed by atoms with van der Waals surface area (Å²) in [6, 6.07) is 5.63. The van der Waals surface area contributed by atoms with E-state index in [2.05, 4.69) is 36.1 Å². The van der Waals surface area contributed by atoms with Gasteiger partial charge in [0.25, 0.3) is 0 Å². The van der Waals surface area contributed by atoms with Crippen LogP contribution in [-0.2, 0) is 5.41 Å². The number of rotatable bonds is 2. The molecule has 1 N–H and O–H groups in total. The molecule has 0 aliphatic rings. The van der Waals surface area contributed by atoms with Crippen molar-refractivity contribution in [2.24, 2.45) is 0 Å². The Kier molecular flexibility index (Phi) is 2.88. The van der Waals surface area contributed by atoms with Gasteiger partial charge in [-0.15, -0.1) is 0 Å². The summed E-state index contributed by atoms with van der Waals surface area (Å²) in [5, 5.41) is 3.05. The summed E-state index contributed by atoms with van der Waals surface area (Å²) in [6.07, 6.45) is 1.65. The highest BCUT2D eigenvalue weighted by Crippen LogP contribution is 2.25. The third-order valence-corrected chi connectivity index (χ3v) is 2.43. The summed E-state index contributed by atoms with van der Waals surface area (Å²) in [6.45, 7) is 6.27. The van der Waals surface area contributed by atoms with Gasteiger partial charge in [0.1, 0.15) is 17.3 Å². The molecule has 17 heavy (non-hydrogen) atoms. The Hall–Kier alpha value is -1.84. The lowest BCUT2D eigenvalue weighted by Gasteiger charge is -2.18. The maximum atomic E-state index is 5.37. The maximum absolute atomic E-state index is 5.37. The van der Waals surface area contributed by atoms with Crippen molar-refractivity contribution in [2.75, 3.05) is 12.4 Å². The minimum absolute atomic E-state index is 0.0891. The number of hydrogen-bond donors (Lipinski definition) is 1. The van der Waals surface area contributed by atoms with Gasteiger partial charge in [-0.2, -0.15) is 0 Å². The zero-order valence-corrected chi connectivity index (χ0v) is 10.6. The van der Waals surface area contributed by atoms with Crippen LogP contribution in [0.5, 0.6) is 0 Å². The summed E-state index contributed by atoms with van der Waals surface area (Å²) in [5.74, 6) is 2.36. The van der Waals surface area contributed by atoms with E-state index in [1.165, 1.54) is 0 Å². The largest absolute Gasteiger partial charge is 0.463 e. The number of aromatic nitrogens is 2. The number of anilines is 1. The highest BCUT2D eigenvalue weighted by atomic mass is 16.3. The van der Waals surface area contributed by atoms with E-state index in [0.717, 1.165) is 23.1 Å². The van der Waals surface area contributed by atoms with Crippen molar-refractivity contribution in [3.63, 3.8) is 0 Å². The van der Waals surface area contributed by atoms with Crippen LogP contribution in [0.2, 0.25) is 0 Å². The van der Waals surface area contributed by atoms with Gasteiger partial charge in [-0.05, 0) is 12.1 Å². The highest BCUT2D eigenvalue weighted by molar-refractivity contribution is 5.57. The Morgan fingerprint density at radius 1 is 1.24 bits per heavy atom. The van der Waals surface area contributed by atoms with Crippen molar-refractivity contribution in [2.45, 2.75) is 26.2 Å². The van der Waals surface area contributed by atoms with Gasteiger partial charge < -0.3 is 9.73 Å². The molecule has 0 saturated heterocycles. The van der Waals surface area contributed by atoms with E-state index in [0.29, 0.717) is 0 Å². The Balaban J connectivity index is 2.54. The molecule has 0 saturated carbocycles. The number of furan rings is 1. The minimum atomic E-state index is -0.0891. The molecule has 2 aromatic rings. The molecule has 0 fully saturated rings. The molecule has 90 valence electrons. The molecular formula is C13H17N3O. The zero-order chi connectivity index (χ0) is 12.5. The molecule has 2 aromatic heterocycles. The van der Waals surface area contributed by atoms with E-state index < -0.39 is 0 Å². The van der Waals surface area contributed by atoms with Crippen molar-refractivity contribution in [3.05, 3.63) is 30.3 Å². The summed E-state index contributed by atoms with van der Waals surface area (Å²) in [4.78, 5) is 9.02. The van der Waals surface area contributed by atoms with E-state index in [1.54, 1.807) is 6.26 Å². The molecule has 0 amide bonds. The second-order valence-electron chi connectivity index (χ2n) is 4.94. The minimum Gasteiger partial charge on any atom is -0.463 e. The topological polar surface area (TPSA) is 51.0 Å². The molecule has 2 rings (SSSR count). The van der Waals surface area contributed by atoms with Crippen LogP contribution in [0.1, 0.15) is 26.6 Å². The number of nitrogens with one attached hydrogen (secondary N) is 1. The van der Waals surface area contributed by atoms with Crippen LogP contribution in [-0.4, -0.2) is 17.0 Å². The van der Waals surface area contributed by atoms with Crippen LogP contribution in [0.3, 0.4) is 0 Å². The quantitative estimate of drug-likeness (QED) is 0.863. The van der Waals surface area contributed by atoms with Crippen molar-refractivity contribution in [3.8, 4) is 11.5 Å². The third-order valence-electron chi connectivity index (χ3n) is 2.43. The molecule has 0 spiro atoms. The predicted octanol–water partition coefficient (Wildman–Crippen LogP) is 3.08. The first kappa shape index (κ1) is 11.6. The molecule has 0 aliphatic carbocycles. The van der Waals surface area contributed by atoms with Crippen LogP contribution in [0.4, 0.5) is 5.82 Å². The Labute approximate surface area is 101 Å². The van der Waals surface area contributed by atoms with Crippen LogP contribution < -0.4 is 5.32 Å². The average Bonchev–Trinajstić information content (AvgIpc) is 2.80. The zero-order valence-electron chi connectivity index (χ0n) is 10.6. The molecule has 2 heterocycles. The fourth-order valence-electron chi connectivity index (χ4n) is 1.46. The monoisotopic (exact) mass is 231 g/mol. The summed E-state index contributed by atoms with van der Waals surface area (Å²) in [7, 11) is 1.85. The van der Waals surface area contributed by atoms with Gasteiger partial charge in [-0.3, -0.25) is 0 Å². The molecule has 0 aromatic carbocycles. The van der Waals surface area contributed by atoms with E-state index in [1.807, 2.05) is 25.2 Å². The van der Waals surface area contributed by atoms with Crippen LogP contribution in [0, 0.1) is 0 Å². The fourth-order valence-corrected chi connectivity index (χ4v) is 1.46. The summed E-state index contributed by atoms with van der Waals surface area (Å²) in [5.41, 5.74) is 0.716. The lowest BCUT2D eigenvalue weighted by Crippen LogP contribution is -2.17. The highest BCUT2D eigenvalue weighted by Gasteiger charge is 2.19. The Morgan fingerprint density at radius 2 is 2.00 bits per heavy atom. The number of hydrogen-bond acceptors (Lipinski definition) is 4. The molecule has 4 nitrogen and oxygen atoms in total. The third kappa shape index (κ3) is 2.46. The Morgan fingerprint density at radius 3 is 2.53 bits per heavy atom. The van der Waals surface area contributed by atoms with E-state index >= 15 is 0 Å². The van der Waals surface area contributed by atoms with Crippen molar-refractivity contribution < 1.29 is 4.42 Å². The second kappa shape index (κ2) is 4.20. The first-order chi connectivity index (χ1) is 8.00. The van der Waals surface area contributed by atoms with Crippen molar-refractivity contribution in [1.82, 2.24) is 9.97 Å². The maximum Gasteiger partial charge on any atom is 0.152 e. The lowest BCUT2D eigenvalue weighted by atomic mass is 9.95.